The van der Waals surface area contributed by atoms with Gasteiger partial charge < -0.3 is 9.80 Å². The normalized spacial score (nSPS) is 38.8. The maximum Gasteiger partial charge on any atom is 0.0568 e. The Balaban J connectivity index is 1.58. The van der Waals surface area contributed by atoms with E-state index < -0.39 is 0 Å². The van der Waals surface area contributed by atoms with Gasteiger partial charge in [-0.2, -0.15) is 10.2 Å². The van der Waals surface area contributed by atoms with Crippen LogP contribution in [0.15, 0.2) is 34.5 Å². The van der Waals surface area contributed by atoms with E-state index in [1.54, 1.807) is 0 Å². The quantitative estimate of drug-likeness (QED) is 0.619. The molecule has 0 amide bonds. The third-order valence-electron chi connectivity index (χ3n) is 5.08. The average molecular weight is 317 g/mol. The zero-order valence-corrected chi connectivity index (χ0v) is 13.6. The van der Waals surface area contributed by atoms with Gasteiger partial charge in [-0.1, -0.05) is 30.7 Å². The van der Waals surface area contributed by atoms with Crippen LogP contribution >= 0.6 is 11.6 Å². The first-order valence-corrected chi connectivity index (χ1v) is 8.32. The van der Waals surface area contributed by atoms with Gasteiger partial charge in [0.1, 0.15) is 0 Å². The number of hydrogen-bond acceptors (Lipinski definition) is 4. The molecule has 4 fully saturated rings. The number of halogens is 1. The molecule has 0 aliphatic carbocycles. The first kappa shape index (κ1) is 14.4. The third kappa shape index (κ3) is 2.60. The van der Waals surface area contributed by atoms with E-state index in [2.05, 4.69) is 26.9 Å². The molecule has 22 heavy (non-hydrogen) atoms. The second kappa shape index (κ2) is 5.44. The van der Waals surface area contributed by atoms with E-state index in [0.717, 1.165) is 36.8 Å². The minimum absolute atomic E-state index is 0.162. The highest BCUT2D eigenvalue weighted by Gasteiger charge is 2.49. The molecule has 5 heteroatoms. The van der Waals surface area contributed by atoms with Crippen molar-refractivity contribution in [2.24, 2.45) is 21.5 Å². The van der Waals surface area contributed by atoms with Gasteiger partial charge in [-0.25, -0.2) is 0 Å². The van der Waals surface area contributed by atoms with Crippen molar-refractivity contribution in [3.8, 4) is 0 Å². The number of benzene rings is 1. The molecule has 116 valence electrons. The lowest BCUT2D eigenvalue weighted by Gasteiger charge is -2.48. The van der Waals surface area contributed by atoms with Crippen LogP contribution in [0, 0.1) is 11.3 Å². The largest absolute Gasteiger partial charge is 0.300 e. The summed E-state index contributed by atoms with van der Waals surface area (Å²) in [7, 11) is 0. The van der Waals surface area contributed by atoms with Gasteiger partial charge in [0.2, 0.25) is 0 Å². The van der Waals surface area contributed by atoms with Crippen molar-refractivity contribution in [2.45, 2.75) is 6.92 Å². The van der Waals surface area contributed by atoms with Crippen LogP contribution in [0.3, 0.4) is 0 Å². The molecule has 4 saturated heterocycles. The minimum Gasteiger partial charge on any atom is -0.300 e. The molecular formula is C17H21ClN4. The van der Waals surface area contributed by atoms with Crippen LogP contribution < -0.4 is 0 Å². The van der Waals surface area contributed by atoms with Crippen LogP contribution in [0.1, 0.15) is 12.5 Å². The number of nitrogens with zero attached hydrogens (tertiary/aromatic N) is 4. The Labute approximate surface area is 136 Å². The first-order chi connectivity index (χ1) is 10.6. The van der Waals surface area contributed by atoms with E-state index in [4.69, 9.17) is 11.6 Å². The van der Waals surface area contributed by atoms with Crippen molar-refractivity contribution >= 4 is 23.5 Å². The molecule has 5 rings (SSSR count). The van der Waals surface area contributed by atoms with Crippen molar-refractivity contribution in [3.63, 3.8) is 0 Å². The first-order valence-electron chi connectivity index (χ1n) is 7.94. The summed E-state index contributed by atoms with van der Waals surface area (Å²) in [6, 6.07) is 7.69. The third-order valence-corrected chi connectivity index (χ3v) is 5.33. The van der Waals surface area contributed by atoms with Gasteiger partial charge in [-0.15, -0.1) is 0 Å². The molecule has 4 aliphatic rings. The minimum atomic E-state index is 0.162. The monoisotopic (exact) mass is 316 g/mol. The second-order valence-electron chi connectivity index (χ2n) is 7.01. The van der Waals surface area contributed by atoms with Crippen molar-refractivity contribution in [1.29, 1.82) is 0 Å². The van der Waals surface area contributed by atoms with E-state index in [1.807, 2.05) is 30.5 Å². The molecule has 4 aliphatic heterocycles. The van der Waals surface area contributed by atoms with Crippen molar-refractivity contribution in [3.05, 3.63) is 34.9 Å². The summed E-state index contributed by atoms with van der Waals surface area (Å²) in [6.45, 7) is 9.27. The van der Waals surface area contributed by atoms with E-state index in [9.17, 15) is 0 Å². The van der Waals surface area contributed by atoms with E-state index in [1.165, 1.54) is 18.8 Å². The van der Waals surface area contributed by atoms with Crippen LogP contribution in [0.25, 0.3) is 0 Å². The number of fused-ring (bicyclic) bond motifs is 1. The lowest BCUT2D eigenvalue weighted by molar-refractivity contribution is 0.130. The predicted molar refractivity (Wildman–Crippen MR) is 91.0 cm³/mol. The Kier molecular flexibility index (Phi) is 3.56. The SMILES string of the molecule is CC12CN3CCN(CC(C3)/C1=N/N=C/c1ccc(Cl)cc1)C2. The highest BCUT2D eigenvalue weighted by molar-refractivity contribution is 6.30. The maximum absolute atomic E-state index is 5.90. The summed E-state index contributed by atoms with van der Waals surface area (Å²) in [5.74, 6) is 0.539. The molecule has 4 nitrogen and oxygen atoms in total. The summed E-state index contributed by atoms with van der Waals surface area (Å²) in [5, 5.41) is 9.78. The van der Waals surface area contributed by atoms with Gasteiger partial charge in [-0.3, -0.25) is 0 Å². The van der Waals surface area contributed by atoms with Gasteiger partial charge in [0.15, 0.2) is 0 Å². The smallest absolute Gasteiger partial charge is 0.0568 e. The fraction of sp³-hybridized carbons (Fsp3) is 0.529. The molecule has 0 aromatic heterocycles. The Morgan fingerprint density at radius 3 is 2.36 bits per heavy atom. The summed E-state index contributed by atoms with van der Waals surface area (Å²) >= 11 is 5.90. The lowest BCUT2D eigenvalue weighted by Crippen LogP contribution is -2.59. The van der Waals surface area contributed by atoms with Crippen molar-refractivity contribution in [1.82, 2.24) is 9.80 Å². The Morgan fingerprint density at radius 1 is 1.14 bits per heavy atom. The van der Waals surface area contributed by atoms with Crippen LogP contribution in [0.2, 0.25) is 5.02 Å². The zero-order chi connectivity index (χ0) is 15.2. The van der Waals surface area contributed by atoms with Crippen molar-refractivity contribution < 1.29 is 0 Å². The van der Waals surface area contributed by atoms with Crippen molar-refractivity contribution in [2.75, 3.05) is 39.3 Å². The molecule has 2 unspecified atom stereocenters. The van der Waals surface area contributed by atoms with E-state index in [0.29, 0.717) is 5.92 Å². The molecule has 2 atom stereocenters. The van der Waals surface area contributed by atoms with Gasteiger partial charge in [0.05, 0.1) is 11.9 Å². The fourth-order valence-corrected chi connectivity index (χ4v) is 4.33. The van der Waals surface area contributed by atoms with Gasteiger partial charge >= 0.3 is 0 Å². The summed E-state index contributed by atoms with van der Waals surface area (Å²) < 4.78 is 0. The molecule has 1 aromatic carbocycles. The molecular weight excluding hydrogens is 296 g/mol. The summed E-state index contributed by atoms with van der Waals surface area (Å²) in [6.07, 6.45) is 1.83. The molecule has 0 saturated carbocycles. The van der Waals surface area contributed by atoms with Crippen LogP contribution in [-0.4, -0.2) is 61.0 Å². The number of rotatable bonds is 2. The Hall–Kier alpha value is -1.23. The fourth-order valence-electron chi connectivity index (χ4n) is 4.21. The Morgan fingerprint density at radius 2 is 1.77 bits per heavy atom. The van der Waals surface area contributed by atoms with Crippen LogP contribution in [0.5, 0.6) is 0 Å². The highest BCUT2D eigenvalue weighted by Crippen LogP contribution is 2.38. The van der Waals surface area contributed by atoms with E-state index >= 15 is 0 Å². The van der Waals surface area contributed by atoms with Gasteiger partial charge in [0.25, 0.3) is 0 Å². The average Bonchev–Trinajstić information content (AvgIpc) is 2.71. The van der Waals surface area contributed by atoms with Gasteiger partial charge in [-0.05, 0) is 17.7 Å². The van der Waals surface area contributed by atoms with Crippen LogP contribution in [-0.2, 0) is 0 Å². The van der Waals surface area contributed by atoms with E-state index in [-0.39, 0.29) is 5.41 Å². The number of hydrogen-bond donors (Lipinski definition) is 0. The molecule has 4 bridgehead atoms. The Bertz CT molecular complexity index is 606. The topological polar surface area (TPSA) is 31.2 Å². The summed E-state index contributed by atoms with van der Waals surface area (Å²) in [4.78, 5) is 5.19. The molecule has 1 aromatic rings. The standard InChI is InChI=1S/C17H21ClN4/c1-17-11-21-6-7-22(12-17)10-14(9-21)16(17)20-19-8-13-2-4-15(18)5-3-13/h2-5,8,14H,6-7,9-12H2,1H3/b19-8+,20-16-. The maximum atomic E-state index is 5.90. The zero-order valence-electron chi connectivity index (χ0n) is 12.9. The molecule has 0 radical (unpaired) electrons. The number of piperidine rings is 2. The van der Waals surface area contributed by atoms with Gasteiger partial charge in [0, 0.05) is 55.6 Å². The molecule has 0 spiro atoms. The second-order valence-corrected chi connectivity index (χ2v) is 7.45. The highest BCUT2D eigenvalue weighted by atomic mass is 35.5. The lowest BCUT2D eigenvalue weighted by atomic mass is 9.72. The molecule has 4 heterocycles. The van der Waals surface area contributed by atoms with Crippen LogP contribution in [0.4, 0.5) is 0 Å². The summed E-state index contributed by atoms with van der Waals surface area (Å²) in [5.41, 5.74) is 2.49. The molecule has 0 N–H and O–H groups in total. The predicted octanol–water partition coefficient (Wildman–Crippen LogP) is 2.38.